The number of nitrogens with zero attached hydrogens (tertiary/aromatic N) is 4. The Kier molecular flexibility index (Phi) is 8.27. The molecule has 9 nitrogen and oxygen atoms in total. The molecule has 11 heteroatoms. The van der Waals surface area contributed by atoms with Gasteiger partial charge in [0.05, 0.1) is 30.7 Å². The van der Waals surface area contributed by atoms with E-state index in [1.54, 1.807) is 7.11 Å². The van der Waals surface area contributed by atoms with Gasteiger partial charge in [-0.15, -0.1) is 0 Å². The molecule has 3 aliphatic rings. The van der Waals surface area contributed by atoms with Gasteiger partial charge in [-0.1, -0.05) is 0 Å². The molecule has 1 N–H and O–H groups in total. The molecular formula is C25H37N5O4S2. The van der Waals surface area contributed by atoms with Gasteiger partial charge in [0.2, 0.25) is 5.95 Å². The molecule has 4 heterocycles. The van der Waals surface area contributed by atoms with Gasteiger partial charge in [0.15, 0.2) is 11.5 Å². The number of sulfone groups is 1. The monoisotopic (exact) mass is 535 g/mol. The van der Waals surface area contributed by atoms with E-state index in [9.17, 15) is 8.42 Å². The number of nitrogens with one attached hydrogen (secondary N) is 1. The van der Waals surface area contributed by atoms with Gasteiger partial charge >= 0.3 is 0 Å². The summed E-state index contributed by atoms with van der Waals surface area (Å²) in [5.41, 5.74) is 0.805. The molecule has 0 radical (unpaired) electrons. The van der Waals surface area contributed by atoms with Gasteiger partial charge < -0.3 is 24.6 Å². The van der Waals surface area contributed by atoms with Gasteiger partial charge in [-0.3, -0.25) is 0 Å². The number of hydrogen-bond donors (Lipinski definition) is 1. The van der Waals surface area contributed by atoms with Crippen LogP contribution in [0, 0.1) is 0 Å². The topological polar surface area (TPSA) is 96.9 Å². The van der Waals surface area contributed by atoms with Crippen LogP contribution in [0.15, 0.2) is 12.1 Å². The molecule has 0 aliphatic carbocycles. The predicted molar refractivity (Wildman–Crippen MR) is 147 cm³/mol. The molecule has 0 unspecified atom stereocenters. The van der Waals surface area contributed by atoms with E-state index in [4.69, 9.17) is 19.4 Å². The maximum absolute atomic E-state index is 11.9. The number of aromatic nitrogens is 2. The van der Waals surface area contributed by atoms with E-state index in [2.05, 4.69) is 15.1 Å². The van der Waals surface area contributed by atoms with Crippen LogP contribution in [-0.4, -0.2) is 98.8 Å². The van der Waals surface area contributed by atoms with Crippen LogP contribution in [0.1, 0.15) is 32.1 Å². The zero-order valence-electron chi connectivity index (χ0n) is 21.1. The summed E-state index contributed by atoms with van der Waals surface area (Å²) in [6.45, 7) is 5.88. The van der Waals surface area contributed by atoms with E-state index in [1.165, 1.54) is 25.9 Å². The van der Waals surface area contributed by atoms with E-state index in [0.717, 1.165) is 54.3 Å². The maximum Gasteiger partial charge on any atom is 0.227 e. The summed E-state index contributed by atoms with van der Waals surface area (Å²) in [6, 6.07) is 3.97. The van der Waals surface area contributed by atoms with Crippen LogP contribution >= 0.6 is 11.8 Å². The summed E-state index contributed by atoms with van der Waals surface area (Å²) in [7, 11) is -1.28. The first-order valence-electron chi connectivity index (χ1n) is 13.1. The third-order valence-corrected chi connectivity index (χ3v) is 9.89. The summed E-state index contributed by atoms with van der Waals surface area (Å²) in [6.07, 6.45) is 4.73. The van der Waals surface area contributed by atoms with E-state index in [-0.39, 0.29) is 17.5 Å². The van der Waals surface area contributed by atoms with Gasteiger partial charge in [-0.25, -0.2) is 13.4 Å². The molecule has 198 valence electrons. The molecule has 0 amide bonds. The Balaban J connectivity index is 1.40. The van der Waals surface area contributed by atoms with Gasteiger partial charge in [-0.2, -0.15) is 16.7 Å². The number of benzene rings is 1. The highest BCUT2D eigenvalue weighted by Crippen LogP contribution is 2.36. The number of rotatable bonds is 9. The summed E-state index contributed by atoms with van der Waals surface area (Å²) in [5.74, 6) is 5.32. The number of methoxy groups -OCH3 is 1. The minimum atomic E-state index is -2.93. The van der Waals surface area contributed by atoms with Crippen LogP contribution in [0.4, 0.5) is 11.8 Å². The highest BCUT2D eigenvalue weighted by atomic mass is 32.2. The lowest BCUT2D eigenvalue weighted by molar-refractivity contribution is 0.254. The average Bonchev–Trinajstić information content (AvgIpc) is 3.41. The Bertz CT molecular complexity index is 1140. The number of thioether (sulfide) groups is 1. The van der Waals surface area contributed by atoms with Crippen LogP contribution in [0.25, 0.3) is 10.9 Å². The normalized spacial score (nSPS) is 21.1. The van der Waals surface area contributed by atoms with Crippen molar-refractivity contribution in [1.82, 2.24) is 14.9 Å². The molecule has 2 aromatic rings. The highest BCUT2D eigenvalue weighted by Gasteiger charge is 2.26. The lowest BCUT2D eigenvalue weighted by Gasteiger charge is -2.28. The summed E-state index contributed by atoms with van der Waals surface area (Å²) >= 11 is 1.95. The first-order chi connectivity index (χ1) is 17.5. The number of ether oxygens (including phenoxy) is 2. The Labute approximate surface area is 218 Å². The first-order valence-corrected chi connectivity index (χ1v) is 16.0. The van der Waals surface area contributed by atoms with Crippen LogP contribution in [-0.2, 0) is 9.84 Å². The Morgan fingerprint density at radius 1 is 1.06 bits per heavy atom. The fraction of sp³-hybridized carbons (Fsp3) is 0.680. The highest BCUT2D eigenvalue weighted by molar-refractivity contribution is 7.99. The molecule has 1 aromatic heterocycles. The number of likely N-dealkylation sites (tertiary alicyclic amines) is 1. The van der Waals surface area contributed by atoms with Crippen molar-refractivity contribution in [3.63, 3.8) is 0 Å². The van der Waals surface area contributed by atoms with Gasteiger partial charge in [0, 0.05) is 48.6 Å². The van der Waals surface area contributed by atoms with E-state index >= 15 is 0 Å². The predicted octanol–water partition coefficient (Wildman–Crippen LogP) is 3.05. The summed E-state index contributed by atoms with van der Waals surface area (Å²) < 4.78 is 35.7. The van der Waals surface area contributed by atoms with Gasteiger partial charge in [0.1, 0.15) is 15.7 Å². The molecule has 1 aromatic carbocycles. The molecule has 0 saturated carbocycles. The molecule has 0 atom stereocenters. The fourth-order valence-electron chi connectivity index (χ4n) is 5.12. The van der Waals surface area contributed by atoms with Crippen molar-refractivity contribution in [2.24, 2.45) is 0 Å². The lowest BCUT2D eigenvalue weighted by atomic mass is 10.1. The van der Waals surface area contributed by atoms with Crippen LogP contribution in [0.2, 0.25) is 0 Å². The second-order valence-corrected chi connectivity index (χ2v) is 13.3. The minimum Gasteiger partial charge on any atom is -0.493 e. The molecule has 36 heavy (non-hydrogen) atoms. The van der Waals surface area contributed by atoms with Crippen LogP contribution in [0.3, 0.4) is 0 Å². The van der Waals surface area contributed by atoms with Gasteiger partial charge in [-0.05, 0) is 51.3 Å². The maximum atomic E-state index is 11.9. The SMILES string of the molecule is COc1cc2c(NC3CCS(=O)(=O)CC3)nc(N3CCSCC3)nc2cc1OCCCN1CCCC1. The van der Waals surface area contributed by atoms with Crippen molar-refractivity contribution in [3.05, 3.63) is 12.1 Å². The Hall–Kier alpha value is -1.98. The molecule has 0 bridgehead atoms. The average molecular weight is 536 g/mol. The van der Waals surface area contributed by atoms with Crippen molar-refractivity contribution in [1.29, 1.82) is 0 Å². The van der Waals surface area contributed by atoms with Crippen molar-refractivity contribution in [2.45, 2.75) is 38.1 Å². The second-order valence-electron chi connectivity index (χ2n) is 9.81. The van der Waals surface area contributed by atoms with Crippen molar-refractivity contribution >= 4 is 44.3 Å². The molecule has 5 rings (SSSR count). The second kappa shape index (κ2) is 11.6. The van der Waals surface area contributed by atoms with Crippen molar-refractivity contribution in [2.75, 3.05) is 79.7 Å². The largest absolute Gasteiger partial charge is 0.493 e. The first kappa shape index (κ1) is 25.7. The lowest BCUT2D eigenvalue weighted by Crippen LogP contribution is -2.35. The smallest absolute Gasteiger partial charge is 0.227 e. The van der Waals surface area contributed by atoms with E-state index < -0.39 is 9.84 Å². The zero-order chi connectivity index (χ0) is 25.0. The third kappa shape index (κ3) is 6.28. The van der Waals surface area contributed by atoms with Crippen LogP contribution in [0.5, 0.6) is 11.5 Å². The minimum absolute atomic E-state index is 0.0592. The standard InChI is InChI=1S/C25H37N5O4S2/c1-33-22-17-20-21(18-23(22)34-12-4-9-29-7-2-3-8-29)27-25(30-10-13-35-14-11-30)28-24(20)26-19-5-15-36(31,32)16-6-19/h17-19H,2-16H2,1H3,(H,26,27,28). The van der Waals surface area contributed by atoms with Crippen LogP contribution < -0.4 is 19.7 Å². The summed E-state index contributed by atoms with van der Waals surface area (Å²) in [5, 5.41) is 4.41. The number of fused-ring (bicyclic) bond motifs is 1. The van der Waals surface area contributed by atoms with Crippen molar-refractivity contribution < 1.29 is 17.9 Å². The molecule has 3 aliphatic heterocycles. The summed E-state index contributed by atoms with van der Waals surface area (Å²) in [4.78, 5) is 14.6. The van der Waals surface area contributed by atoms with E-state index in [1.807, 2.05) is 23.9 Å². The van der Waals surface area contributed by atoms with E-state index in [0.29, 0.717) is 36.9 Å². The zero-order valence-corrected chi connectivity index (χ0v) is 22.7. The fourth-order valence-corrected chi connectivity index (χ4v) is 7.51. The number of hydrogen-bond acceptors (Lipinski definition) is 10. The van der Waals surface area contributed by atoms with Crippen molar-refractivity contribution in [3.8, 4) is 11.5 Å². The molecule has 3 fully saturated rings. The number of anilines is 2. The molecule has 0 spiro atoms. The van der Waals surface area contributed by atoms with Gasteiger partial charge in [0.25, 0.3) is 0 Å². The Morgan fingerprint density at radius 3 is 2.53 bits per heavy atom. The quantitative estimate of drug-likeness (QED) is 0.483. The molecule has 3 saturated heterocycles. The third-order valence-electron chi connectivity index (χ3n) is 7.23. The Morgan fingerprint density at radius 2 is 1.81 bits per heavy atom. The molecular weight excluding hydrogens is 498 g/mol.